The smallest absolute Gasteiger partial charge is 0.253 e. The summed E-state index contributed by atoms with van der Waals surface area (Å²) in [4.78, 5) is 12.0. The number of rotatable bonds is 9. The highest BCUT2D eigenvalue weighted by Gasteiger charge is 2.16. The third-order valence-electron chi connectivity index (χ3n) is 3.84. The summed E-state index contributed by atoms with van der Waals surface area (Å²) in [5.74, 6) is -0.718. The molecule has 2 N–H and O–H groups in total. The van der Waals surface area contributed by atoms with Gasteiger partial charge in [-0.25, -0.2) is 4.39 Å². The van der Waals surface area contributed by atoms with Gasteiger partial charge in [-0.05, 0) is 44.4 Å². The molecule has 2 atom stereocenters. The number of hydrogen-bond acceptors (Lipinski definition) is 4. The van der Waals surface area contributed by atoms with Gasteiger partial charge in [0.15, 0.2) is 0 Å². The molecule has 0 spiro atoms. The summed E-state index contributed by atoms with van der Waals surface area (Å²) >= 11 is 0. The molecule has 132 valence electrons. The molecule has 2 rings (SSSR count). The summed E-state index contributed by atoms with van der Waals surface area (Å²) in [5.41, 5.74) is 0.804. The van der Waals surface area contributed by atoms with Gasteiger partial charge >= 0.3 is 0 Å². The van der Waals surface area contributed by atoms with Crippen molar-refractivity contribution in [1.82, 2.24) is 0 Å². The normalized spacial score (nSPS) is 18.2. The predicted molar refractivity (Wildman–Crippen MR) is 92.7 cm³/mol. The van der Waals surface area contributed by atoms with E-state index in [1.807, 2.05) is 0 Å². The number of benzene rings is 1. The molecule has 1 aromatic carbocycles. The van der Waals surface area contributed by atoms with Gasteiger partial charge in [0, 0.05) is 18.8 Å². The molecular weight excluding hydrogens is 311 g/mol. The van der Waals surface area contributed by atoms with Crippen molar-refractivity contribution in [2.75, 3.05) is 30.4 Å². The zero-order chi connectivity index (χ0) is 17.4. The third kappa shape index (κ3) is 5.62. The van der Waals surface area contributed by atoms with E-state index in [9.17, 15) is 9.18 Å². The van der Waals surface area contributed by atoms with Crippen LogP contribution in [0, 0.1) is 5.82 Å². The van der Waals surface area contributed by atoms with Crippen molar-refractivity contribution in [1.29, 1.82) is 0 Å². The average molecular weight is 336 g/mol. The second-order valence-electron chi connectivity index (χ2n) is 5.79. The molecule has 5 nitrogen and oxygen atoms in total. The summed E-state index contributed by atoms with van der Waals surface area (Å²) < 4.78 is 25.0. The van der Waals surface area contributed by atoms with Gasteiger partial charge in [0.05, 0.1) is 18.4 Å². The van der Waals surface area contributed by atoms with Crippen LogP contribution in [0.5, 0.6) is 0 Å². The van der Waals surface area contributed by atoms with E-state index < -0.39 is 11.9 Å². The molecule has 0 saturated carbocycles. The lowest BCUT2D eigenvalue weighted by Crippen LogP contribution is -2.28. The van der Waals surface area contributed by atoms with Gasteiger partial charge < -0.3 is 20.1 Å². The molecule has 0 bridgehead atoms. The first-order valence-corrected chi connectivity index (χ1v) is 8.28. The first kappa shape index (κ1) is 18.4. The molecule has 0 aromatic heterocycles. The lowest BCUT2D eigenvalue weighted by Gasteiger charge is -2.15. The zero-order valence-electron chi connectivity index (χ0n) is 14.0. The summed E-state index contributed by atoms with van der Waals surface area (Å²) in [6.45, 7) is 7.03. The monoisotopic (exact) mass is 336 g/mol. The minimum Gasteiger partial charge on any atom is -0.380 e. The summed E-state index contributed by atoms with van der Waals surface area (Å²) in [5, 5.41) is 5.70. The minimum absolute atomic E-state index is 0.136. The van der Waals surface area contributed by atoms with Crippen LogP contribution in [0.1, 0.15) is 26.2 Å². The van der Waals surface area contributed by atoms with Crippen LogP contribution in [0.2, 0.25) is 0 Å². The summed E-state index contributed by atoms with van der Waals surface area (Å²) in [6, 6.07) is 4.57. The van der Waals surface area contributed by atoms with Gasteiger partial charge in [-0.2, -0.15) is 0 Å². The molecule has 1 aromatic rings. The average Bonchev–Trinajstić information content (AvgIpc) is 3.07. The van der Waals surface area contributed by atoms with Crippen LogP contribution in [-0.2, 0) is 14.3 Å². The fourth-order valence-corrected chi connectivity index (χ4v) is 2.41. The van der Waals surface area contributed by atoms with Gasteiger partial charge in [-0.15, -0.1) is 6.58 Å². The lowest BCUT2D eigenvalue weighted by atomic mass is 10.2. The van der Waals surface area contributed by atoms with E-state index in [-0.39, 0.29) is 12.0 Å². The van der Waals surface area contributed by atoms with Crippen LogP contribution in [0.15, 0.2) is 30.9 Å². The Morgan fingerprint density at radius 3 is 3.08 bits per heavy atom. The maximum atomic E-state index is 14.1. The van der Waals surface area contributed by atoms with Crippen molar-refractivity contribution >= 4 is 17.3 Å². The Balaban J connectivity index is 1.84. The van der Waals surface area contributed by atoms with Crippen molar-refractivity contribution in [3.8, 4) is 0 Å². The van der Waals surface area contributed by atoms with Crippen LogP contribution >= 0.6 is 0 Å². The lowest BCUT2D eigenvalue weighted by molar-refractivity contribution is -0.126. The molecule has 24 heavy (non-hydrogen) atoms. The molecule has 0 aliphatic carbocycles. The molecule has 6 heteroatoms. The Morgan fingerprint density at radius 2 is 2.42 bits per heavy atom. The molecule has 0 radical (unpaired) electrons. The SMILES string of the molecule is C=CCCOC(C)C(=O)Nc1ccc(NCC2CCCO2)c(F)c1. The van der Waals surface area contributed by atoms with E-state index in [0.717, 1.165) is 19.4 Å². The van der Waals surface area contributed by atoms with E-state index in [4.69, 9.17) is 9.47 Å². The number of carbonyl (C=O) groups excluding carboxylic acids is 1. The molecular formula is C18H25FN2O3. The van der Waals surface area contributed by atoms with Gasteiger partial charge in [0.25, 0.3) is 5.91 Å². The number of ether oxygens (including phenoxy) is 2. The largest absolute Gasteiger partial charge is 0.380 e. The first-order chi connectivity index (χ1) is 11.6. The highest BCUT2D eigenvalue weighted by Crippen LogP contribution is 2.20. The van der Waals surface area contributed by atoms with Crippen molar-refractivity contribution in [3.63, 3.8) is 0 Å². The van der Waals surface area contributed by atoms with E-state index in [2.05, 4.69) is 17.2 Å². The first-order valence-electron chi connectivity index (χ1n) is 8.28. The topological polar surface area (TPSA) is 59.6 Å². The predicted octanol–water partition coefficient (Wildman–Crippen LogP) is 3.34. The van der Waals surface area contributed by atoms with Crippen LogP contribution in [-0.4, -0.2) is 37.9 Å². The molecule has 1 amide bonds. The maximum Gasteiger partial charge on any atom is 0.253 e. The number of anilines is 2. The Kier molecular flexibility index (Phi) is 7.21. The molecule has 1 aliphatic heterocycles. The Bertz CT molecular complexity index is 559. The Morgan fingerprint density at radius 1 is 1.58 bits per heavy atom. The molecule has 1 fully saturated rings. The van der Waals surface area contributed by atoms with Crippen molar-refractivity contribution in [2.45, 2.75) is 38.4 Å². The van der Waals surface area contributed by atoms with E-state index in [1.165, 1.54) is 6.07 Å². The highest BCUT2D eigenvalue weighted by molar-refractivity contribution is 5.94. The van der Waals surface area contributed by atoms with Gasteiger partial charge in [0.1, 0.15) is 11.9 Å². The van der Waals surface area contributed by atoms with E-state index in [0.29, 0.717) is 30.9 Å². The van der Waals surface area contributed by atoms with Gasteiger partial charge in [-0.3, -0.25) is 4.79 Å². The van der Waals surface area contributed by atoms with Crippen LogP contribution < -0.4 is 10.6 Å². The minimum atomic E-state index is -0.606. The second-order valence-corrected chi connectivity index (χ2v) is 5.79. The number of hydrogen-bond donors (Lipinski definition) is 2. The Labute approximate surface area is 142 Å². The van der Waals surface area contributed by atoms with Gasteiger partial charge in [0.2, 0.25) is 0 Å². The molecule has 1 saturated heterocycles. The van der Waals surface area contributed by atoms with Crippen molar-refractivity contribution in [3.05, 3.63) is 36.7 Å². The fraction of sp³-hybridized carbons (Fsp3) is 0.500. The molecule has 1 heterocycles. The summed E-state index contributed by atoms with van der Waals surface area (Å²) in [7, 11) is 0. The van der Waals surface area contributed by atoms with E-state index >= 15 is 0 Å². The molecule has 1 aliphatic rings. The zero-order valence-corrected chi connectivity index (χ0v) is 14.0. The standard InChI is InChI=1S/C18H25FN2O3/c1-3-4-9-23-13(2)18(22)21-14-7-8-17(16(19)11-14)20-12-15-6-5-10-24-15/h3,7-8,11,13,15,20H,1,4-6,9-10,12H2,2H3,(H,21,22). The number of amides is 1. The maximum absolute atomic E-state index is 14.1. The third-order valence-corrected chi connectivity index (χ3v) is 3.84. The number of halogens is 1. The van der Waals surface area contributed by atoms with Crippen molar-refractivity contribution < 1.29 is 18.7 Å². The van der Waals surface area contributed by atoms with Crippen LogP contribution in [0.4, 0.5) is 15.8 Å². The highest BCUT2D eigenvalue weighted by atomic mass is 19.1. The van der Waals surface area contributed by atoms with Crippen LogP contribution in [0.3, 0.4) is 0 Å². The van der Waals surface area contributed by atoms with Gasteiger partial charge in [-0.1, -0.05) is 6.08 Å². The second kappa shape index (κ2) is 9.39. The van der Waals surface area contributed by atoms with E-state index in [1.54, 1.807) is 25.1 Å². The fourth-order valence-electron chi connectivity index (χ4n) is 2.41. The summed E-state index contributed by atoms with van der Waals surface area (Å²) in [6.07, 6.45) is 3.97. The van der Waals surface area contributed by atoms with Crippen LogP contribution in [0.25, 0.3) is 0 Å². The van der Waals surface area contributed by atoms with Crippen molar-refractivity contribution in [2.24, 2.45) is 0 Å². The number of nitrogens with one attached hydrogen (secondary N) is 2. The Hall–Kier alpha value is -1.92. The quantitative estimate of drug-likeness (QED) is 0.536. The number of carbonyl (C=O) groups is 1. The molecule has 2 unspecified atom stereocenters.